The van der Waals surface area contributed by atoms with Crippen LogP contribution in [0.25, 0.3) is 22.4 Å². The summed E-state index contributed by atoms with van der Waals surface area (Å²) in [6.45, 7) is 8.54. The van der Waals surface area contributed by atoms with E-state index in [1.165, 1.54) is 18.2 Å². The number of carbonyl (C=O) groups excluding carboxylic acids is 2. The lowest BCUT2D eigenvalue weighted by Crippen LogP contribution is -2.25. The summed E-state index contributed by atoms with van der Waals surface area (Å²) in [4.78, 5) is 26.6. The average molecular weight is 579 g/mol. The van der Waals surface area contributed by atoms with Crippen molar-refractivity contribution >= 4 is 17.6 Å². The summed E-state index contributed by atoms with van der Waals surface area (Å²) in [5.41, 5.74) is 5.29. The number of rotatable bonds is 11. The number of hydrogen-bond donors (Lipinski definition) is 1. The van der Waals surface area contributed by atoms with E-state index in [9.17, 15) is 14.0 Å². The second-order valence-corrected chi connectivity index (χ2v) is 10.7. The Morgan fingerprint density at radius 3 is 2.37 bits per heavy atom. The minimum Gasteiger partial charge on any atom is -0.493 e. The van der Waals surface area contributed by atoms with Crippen molar-refractivity contribution in [3.05, 3.63) is 126 Å². The first-order valence-corrected chi connectivity index (χ1v) is 14.4. The van der Waals surface area contributed by atoms with Crippen LogP contribution < -0.4 is 5.32 Å². The molecule has 220 valence electrons. The second kappa shape index (κ2) is 13.4. The molecule has 1 amide bonds. The molecule has 1 N–H and O–H groups in total. The lowest BCUT2D eigenvalue weighted by Gasteiger charge is -2.25. The SMILES string of the molecule is C=CCOC1=CC(=O)O[C@H](CCn2c(-c3ccc(F)cc3)c(-c3ccccc3)c(C(=O)Nc3ccccc3)c2C(C)C)C1. The third kappa shape index (κ3) is 6.78. The predicted molar refractivity (Wildman–Crippen MR) is 167 cm³/mol. The van der Waals surface area contributed by atoms with E-state index in [1.54, 1.807) is 18.2 Å². The molecular weight excluding hydrogens is 543 g/mol. The molecule has 0 saturated heterocycles. The van der Waals surface area contributed by atoms with Gasteiger partial charge in [-0.15, -0.1) is 0 Å². The normalized spacial score (nSPS) is 14.7. The third-order valence-electron chi connectivity index (χ3n) is 7.34. The van der Waals surface area contributed by atoms with Crippen LogP contribution in [0.5, 0.6) is 0 Å². The van der Waals surface area contributed by atoms with Crippen molar-refractivity contribution in [2.75, 3.05) is 11.9 Å². The molecule has 1 aliphatic heterocycles. The van der Waals surface area contributed by atoms with E-state index < -0.39 is 12.1 Å². The fraction of sp³-hybridized carbons (Fsp3) is 0.222. The van der Waals surface area contributed by atoms with Crippen LogP contribution in [-0.4, -0.2) is 29.2 Å². The summed E-state index contributed by atoms with van der Waals surface area (Å²) >= 11 is 0. The molecule has 2 heterocycles. The first-order valence-electron chi connectivity index (χ1n) is 14.4. The van der Waals surface area contributed by atoms with Crippen LogP contribution in [0.4, 0.5) is 10.1 Å². The number of benzene rings is 3. The molecule has 5 rings (SSSR count). The summed E-state index contributed by atoms with van der Waals surface area (Å²) in [5, 5.41) is 3.09. The number of cyclic esters (lactones) is 1. The number of amides is 1. The maximum atomic E-state index is 14.2. The summed E-state index contributed by atoms with van der Waals surface area (Å²) in [5.74, 6) is -0.512. The highest BCUT2D eigenvalue weighted by atomic mass is 19.1. The van der Waals surface area contributed by atoms with Gasteiger partial charge in [-0.25, -0.2) is 9.18 Å². The maximum Gasteiger partial charge on any atom is 0.334 e. The summed E-state index contributed by atoms with van der Waals surface area (Å²) < 4.78 is 27.6. The molecule has 1 aliphatic rings. The molecule has 0 radical (unpaired) electrons. The van der Waals surface area contributed by atoms with E-state index in [1.807, 2.05) is 60.7 Å². The van der Waals surface area contributed by atoms with E-state index in [2.05, 4.69) is 30.3 Å². The van der Waals surface area contributed by atoms with Crippen molar-refractivity contribution in [2.24, 2.45) is 0 Å². The average Bonchev–Trinajstić information content (AvgIpc) is 3.36. The van der Waals surface area contributed by atoms with E-state index in [0.29, 0.717) is 43.0 Å². The van der Waals surface area contributed by atoms with Crippen molar-refractivity contribution in [3.8, 4) is 22.4 Å². The molecule has 1 atom stereocenters. The number of nitrogens with zero attached hydrogens (tertiary/aromatic N) is 1. The van der Waals surface area contributed by atoms with Crippen molar-refractivity contribution < 1.29 is 23.5 Å². The largest absolute Gasteiger partial charge is 0.493 e. The van der Waals surface area contributed by atoms with Gasteiger partial charge in [-0.05, 0) is 53.4 Å². The van der Waals surface area contributed by atoms with Crippen LogP contribution in [0.3, 0.4) is 0 Å². The van der Waals surface area contributed by atoms with Crippen molar-refractivity contribution in [3.63, 3.8) is 0 Å². The molecule has 4 aromatic rings. The van der Waals surface area contributed by atoms with E-state index in [-0.39, 0.29) is 17.6 Å². The molecular formula is C36H35FN2O4. The number of nitrogens with one attached hydrogen (secondary N) is 1. The van der Waals surface area contributed by atoms with E-state index >= 15 is 0 Å². The molecule has 0 saturated carbocycles. The molecule has 43 heavy (non-hydrogen) atoms. The molecule has 0 aliphatic carbocycles. The number of esters is 1. The number of anilines is 1. The van der Waals surface area contributed by atoms with Gasteiger partial charge >= 0.3 is 5.97 Å². The Kier molecular flexibility index (Phi) is 9.20. The highest BCUT2D eigenvalue weighted by Crippen LogP contribution is 2.43. The Morgan fingerprint density at radius 1 is 1.05 bits per heavy atom. The monoisotopic (exact) mass is 578 g/mol. The second-order valence-electron chi connectivity index (χ2n) is 10.7. The highest BCUT2D eigenvalue weighted by Gasteiger charge is 2.31. The summed E-state index contributed by atoms with van der Waals surface area (Å²) in [6, 6.07) is 25.4. The molecule has 0 bridgehead atoms. The Morgan fingerprint density at radius 2 is 1.72 bits per heavy atom. The number of para-hydroxylation sites is 1. The van der Waals surface area contributed by atoms with Gasteiger partial charge in [0, 0.05) is 36.3 Å². The van der Waals surface area contributed by atoms with Gasteiger partial charge in [-0.3, -0.25) is 4.79 Å². The number of hydrogen-bond acceptors (Lipinski definition) is 4. The topological polar surface area (TPSA) is 69.6 Å². The smallest absolute Gasteiger partial charge is 0.334 e. The van der Waals surface area contributed by atoms with Gasteiger partial charge in [0.2, 0.25) is 0 Å². The Balaban J connectivity index is 1.66. The minimum absolute atomic E-state index is 0.0477. The van der Waals surface area contributed by atoms with Gasteiger partial charge in [0.05, 0.1) is 17.3 Å². The number of carbonyl (C=O) groups is 2. The van der Waals surface area contributed by atoms with Crippen LogP contribution in [0.15, 0.2) is 109 Å². The van der Waals surface area contributed by atoms with Crippen LogP contribution in [0.2, 0.25) is 0 Å². The summed E-state index contributed by atoms with van der Waals surface area (Å²) in [7, 11) is 0. The summed E-state index contributed by atoms with van der Waals surface area (Å²) in [6.07, 6.45) is 3.52. The molecule has 7 heteroatoms. The standard InChI is InChI=1S/C36H35FN2O4/c1-4-21-42-30-22-29(43-31(40)23-30)19-20-39-34(24(2)3)33(36(41)38-28-13-9-6-10-14-28)32(25-11-7-5-8-12-25)35(39)26-15-17-27(37)18-16-26/h4-18,23-24,29H,1,19-22H2,2-3H3,(H,38,41)/t29-/m1/s1. The highest BCUT2D eigenvalue weighted by molar-refractivity contribution is 6.12. The van der Waals surface area contributed by atoms with Crippen LogP contribution >= 0.6 is 0 Å². The Labute approximate surface area is 251 Å². The van der Waals surface area contributed by atoms with Gasteiger partial charge in [-0.1, -0.05) is 75.0 Å². The van der Waals surface area contributed by atoms with Crippen LogP contribution in [0, 0.1) is 5.82 Å². The lowest BCUT2D eigenvalue weighted by molar-refractivity contribution is -0.145. The van der Waals surface area contributed by atoms with Crippen molar-refractivity contribution in [1.82, 2.24) is 4.57 Å². The zero-order valence-electron chi connectivity index (χ0n) is 24.4. The van der Waals surface area contributed by atoms with Crippen LogP contribution in [-0.2, 0) is 20.8 Å². The third-order valence-corrected chi connectivity index (χ3v) is 7.34. The Hall–Kier alpha value is -4.91. The quantitative estimate of drug-likeness (QED) is 0.144. The number of aromatic nitrogens is 1. The molecule has 6 nitrogen and oxygen atoms in total. The van der Waals surface area contributed by atoms with Crippen molar-refractivity contribution in [1.29, 1.82) is 0 Å². The van der Waals surface area contributed by atoms with E-state index in [0.717, 1.165) is 28.1 Å². The lowest BCUT2D eigenvalue weighted by atomic mass is 9.94. The fourth-order valence-electron chi connectivity index (χ4n) is 5.56. The van der Waals surface area contributed by atoms with E-state index in [4.69, 9.17) is 9.47 Å². The predicted octanol–water partition coefficient (Wildman–Crippen LogP) is 8.13. The first kappa shape index (κ1) is 29.6. The zero-order valence-corrected chi connectivity index (χ0v) is 24.4. The van der Waals surface area contributed by atoms with Gasteiger partial charge < -0.3 is 19.4 Å². The molecule has 0 fully saturated rings. The maximum absolute atomic E-state index is 14.2. The van der Waals surface area contributed by atoms with Gasteiger partial charge in [0.1, 0.15) is 24.3 Å². The molecule has 0 unspecified atom stereocenters. The van der Waals surface area contributed by atoms with Crippen LogP contribution in [0.1, 0.15) is 48.7 Å². The number of ether oxygens (including phenoxy) is 2. The Bertz CT molecular complexity index is 1620. The zero-order chi connectivity index (χ0) is 30.3. The molecule has 0 spiro atoms. The number of halogens is 1. The minimum atomic E-state index is -0.446. The van der Waals surface area contributed by atoms with Gasteiger partial charge in [0.25, 0.3) is 5.91 Å². The molecule has 1 aromatic heterocycles. The van der Waals surface area contributed by atoms with Gasteiger partial charge in [0.15, 0.2) is 0 Å². The fourth-order valence-corrected chi connectivity index (χ4v) is 5.56. The first-order chi connectivity index (χ1) is 20.9. The molecule has 3 aromatic carbocycles. The van der Waals surface area contributed by atoms with Crippen molar-refractivity contribution in [2.45, 2.75) is 45.3 Å². The van der Waals surface area contributed by atoms with Gasteiger partial charge in [-0.2, -0.15) is 0 Å².